The summed E-state index contributed by atoms with van der Waals surface area (Å²) < 4.78 is 0. The highest BCUT2D eigenvalue weighted by molar-refractivity contribution is 5.89. The average Bonchev–Trinajstić information content (AvgIpc) is 1.94. The zero-order valence-electron chi connectivity index (χ0n) is 7.57. The van der Waals surface area contributed by atoms with Crippen LogP contribution in [-0.4, -0.2) is 5.71 Å². The standard InChI is InChI=1S/C4H7N.C3H6.C2H6/c1-3-4(2)5;1-3-2;1-2/h3,5H,1H2,2H3;3H,1H2,2H3;1-2H3. The fraction of sp³-hybridized carbons (Fsp3) is 0.444. The van der Waals surface area contributed by atoms with Crippen LogP contribution in [0.4, 0.5) is 0 Å². The van der Waals surface area contributed by atoms with Gasteiger partial charge in [0.05, 0.1) is 0 Å². The van der Waals surface area contributed by atoms with E-state index in [1.54, 1.807) is 13.0 Å². The van der Waals surface area contributed by atoms with E-state index in [0.29, 0.717) is 5.71 Å². The van der Waals surface area contributed by atoms with Crippen molar-refractivity contribution in [2.45, 2.75) is 27.7 Å². The summed E-state index contributed by atoms with van der Waals surface area (Å²) >= 11 is 0. The van der Waals surface area contributed by atoms with Crippen molar-refractivity contribution >= 4 is 5.71 Å². The summed E-state index contributed by atoms with van der Waals surface area (Å²) in [4.78, 5) is 0. The Bertz CT molecular complexity index is 82.7. The second kappa shape index (κ2) is 24.2. The van der Waals surface area contributed by atoms with Gasteiger partial charge in [-0.05, 0) is 19.9 Å². The molecule has 0 saturated heterocycles. The Labute approximate surface area is 65.0 Å². The van der Waals surface area contributed by atoms with Crippen molar-refractivity contribution in [2.75, 3.05) is 0 Å². The molecule has 0 fully saturated rings. The zero-order valence-corrected chi connectivity index (χ0v) is 7.57. The number of hydrogen-bond donors (Lipinski definition) is 1. The van der Waals surface area contributed by atoms with Crippen molar-refractivity contribution < 1.29 is 0 Å². The highest BCUT2D eigenvalue weighted by Gasteiger charge is 1.62. The lowest BCUT2D eigenvalue weighted by molar-refractivity contribution is 1.50. The molecule has 0 bridgehead atoms. The Kier molecular flexibility index (Phi) is 38.9. The van der Waals surface area contributed by atoms with Gasteiger partial charge in [0.2, 0.25) is 0 Å². The summed E-state index contributed by atoms with van der Waals surface area (Å²) in [5, 5.41) is 6.62. The van der Waals surface area contributed by atoms with E-state index in [1.165, 1.54) is 6.08 Å². The minimum Gasteiger partial charge on any atom is -0.306 e. The third-order valence-electron chi connectivity index (χ3n) is 0.306. The zero-order chi connectivity index (χ0) is 8.99. The van der Waals surface area contributed by atoms with Crippen LogP contribution in [0.1, 0.15) is 27.7 Å². The van der Waals surface area contributed by atoms with E-state index in [4.69, 9.17) is 5.41 Å². The van der Waals surface area contributed by atoms with Crippen LogP contribution in [0.5, 0.6) is 0 Å². The van der Waals surface area contributed by atoms with Crippen molar-refractivity contribution in [2.24, 2.45) is 0 Å². The van der Waals surface area contributed by atoms with E-state index in [1.807, 2.05) is 20.8 Å². The first kappa shape index (κ1) is 16.1. The summed E-state index contributed by atoms with van der Waals surface area (Å²) in [6.07, 6.45) is 3.25. The van der Waals surface area contributed by atoms with Crippen LogP contribution in [0.15, 0.2) is 25.3 Å². The second-order valence-corrected chi connectivity index (χ2v) is 1.30. The second-order valence-electron chi connectivity index (χ2n) is 1.30. The topological polar surface area (TPSA) is 23.9 Å². The summed E-state index contributed by atoms with van der Waals surface area (Å²) in [6, 6.07) is 0. The maximum Gasteiger partial charge on any atom is 0.0277 e. The lowest BCUT2D eigenvalue weighted by atomic mass is 10.4. The van der Waals surface area contributed by atoms with Crippen LogP contribution in [0, 0.1) is 5.41 Å². The largest absolute Gasteiger partial charge is 0.306 e. The van der Waals surface area contributed by atoms with Gasteiger partial charge in [-0.15, -0.1) is 6.58 Å². The van der Waals surface area contributed by atoms with Crippen molar-refractivity contribution in [1.82, 2.24) is 0 Å². The molecule has 0 spiro atoms. The molecule has 0 aliphatic carbocycles. The minimum atomic E-state index is 0.519. The molecule has 1 heteroatoms. The van der Waals surface area contributed by atoms with Crippen LogP contribution in [0.2, 0.25) is 0 Å². The average molecular weight is 141 g/mol. The summed E-state index contributed by atoms with van der Waals surface area (Å²) in [5.41, 5.74) is 0.519. The van der Waals surface area contributed by atoms with Gasteiger partial charge in [-0.1, -0.05) is 26.5 Å². The lowest BCUT2D eigenvalue weighted by Crippen LogP contribution is -1.72. The molecule has 0 aliphatic heterocycles. The maximum absolute atomic E-state index is 6.62. The number of hydrogen-bond acceptors (Lipinski definition) is 1. The van der Waals surface area contributed by atoms with E-state index in [2.05, 4.69) is 13.2 Å². The molecule has 0 aromatic carbocycles. The molecule has 60 valence electrons. The fourth-order valence-corrected chi connectivity index (χ4v) is 0. The summed E-state index contributed by atoms with van der Waals surface area (Å²) in [5.74, 6) is 0. The first-order valence-electron chi connectivity index (χ1n) is 3.43. The van der Waals surface area contributed by atoms with Gasteiger partial charge in [-0.2, -0.15) is 0 Å². The van der Waals surface area contributed by atoms with Gasteiger partial charge in [0.1, 0.15) is 0 Å². The van der Waals surface area contributed by atoms with Gasteiger partial charge in [0.15, 0.2) is 0 Å². The maximum atomic E-state index is 6.62. The third kappa shape index (κ3) is 204. The molecule has 0 aromatic heterocycles. The predicted octanol–water partition coefficient (Wildman–Crippen LogP) is 3.43. The molecule has 1 N–H and O–H groups in total. The first-order valence-corrected chi connectivity index (χ1v) is 3.43. The van der Waals surface area contributed by atoms with Crippen LogP contribution in [-0.2, 0) is 0 Å². The van der Waals surface area contributed by atoms with E-state index in [9.17, 15) is 0 Å². The van der Waals surface area contributed by atoms with E-state index < -0.39 is 0 Å². The molecule has 0 heterocycles. The van der Waals surface area contributed by atoms with Gasteiger partial charge in [0, 0.05) is 5.71 Å². The molecule has 0 amide bonds. The predicted molar refractivity (Wildman–Crippen MR) is 50.8 cm³/mol. The fourth-order valence-electron chi connectivity index (χ4n) is 0. The molecule has 0 radical (unpaired) electrons. The third-order valence-corrected chi connectivity index (χ3v) is 0.306. The molecule has 0 atom stereocenters. The molecule has 1 nitrogen and oxygen atoms in total. The highest BCUT2D eigenvalue weighted by Crippen LogP contribution is 1.62. The van der Waals surface area contributed by atoms with Gasteiger partial charge in [0.25, 0.3) is 0 Å². The van der Waals surface area contributed by atoms with Gasteiger partial charge in [-0.3, -0.25) is 0 Å². The Morgan fingerprint density at radius 3 is 1.40 bits per heavy atom. The minimum absolute atomic E-state index is 0.519. The molecular formula is C9H19N. The molecule has 10 heavy (non-hydrogen) atoms. The Morgan fingerprint density at radius 1 is 1.30 bits per heavy atom. The summed E-state index contributed by atoms with van der Waals surface area (Å²) in [7, 11) is 0. The lowest BCUT2D eigenvalue weighted by Gasteiger charge is -1.69. The monoisotopic (exact) mass is 141 g/mol. The quantitative estimate of drug-likeness (QED) is 0.427. The molecule has 0 aromatic rings. The highest BCUT2D eigenvalue weighted by atomic mass is 14.4. The molecule has 0 saturated carbocycles. The Hall–Kier alpha value is -0.850. The van der Waals surface area contributed by atoms with Crippen molar-refractivity contribution in [3.8, 4) is 0 Å². The SMILES string of the molecule is C=CC.C=CC(C)=N.CC. The van der Waals surface area contributed by atoms with Crippen molar-refractivity contribution in [1.29, 1.82) is 5.41 Å². The van der Waals surface area contributed by atoms with Crippen molar-refractivity contribution in [3.63, 3.8) is 0 Å². The van der Waals surface area contributed by atoms with Crippen LogP contribution in [0.25, 0.3) is 0 Å². The van der Waals surface area contributed by atoms with Gasteiger partial charge >= 0.3 is 0 Å². The van der Waals surface area contributed by atoms with E-state index in [-0.39, 0.29) is 0 Å². The number of allylic oxidation sites excluding steroid dienone is 2. The van der Waals surface area contributed by atoms with Crippen LogP contribution < -0.4 is 0 Å². The van der Waals surface area contributed by atoms with Gasteiger partial charge < -0.3 is 5.41 Å². The molecule has 0 unspecified atom stereocenters. The number of nitrogens with one attached hydrogen (secondary N) is 1. The van der Waals surface area contributed by atoms with Crippen molar-refractivity contribution in [3.05, 3.63) is 25.3 Å². The van der Waals surface area contributed by atoms with E-state index >= 15 is 0 Å². The van der Waals surface area contributed by atoms with Gasteiger partial charge in [-0.25, -0.2) is 0 Å². The number of rotatable bonds is 1. The molecular weight excluding hydrogens is 122 g/mol. The summed E-state index contributed by atoms with van der Waals surface area (Å²) in [6.45, 7) is 14.3. The van der Waals surface area contributed by atoms with E-state index in [0.717, 1.165) is 0 Å². The normalized spacial score (nSPS) is 5.20. The molecule has 0 aliphatic rings. The smallest absolute Gasteiger partial charge is 0.0277 e. The van der Waals surface area contributed by atoms with Crippen LogP contribution in [0.3, 0.4) is 0 Å². The van der Waals surface area contributed by atoms with Crippen LogP contribution >= 0.6 is 0 Å². The Morgan fingerprint density at radius 2 is 1.40 bits per heavy atom. The first-order chi connectivity index (χ1) is 4.68. The molecule has 0 rings (SSSR count). The Balaban J connectivity index is -0.0000000847.